The molecule has 2 aromatic heterocycles. The maximum atomic E-state index is 5.44. The Morgan fingerprint density at radius 1 is 1.09 bits per heavy atom. The van der Waals surface area contributed by atoms with E-state index < -0.39 is 0 Å². The first-order valence-electron chi connectivity index (χ1n) is 7.89. The normalized spacial score (nSPS) is 11.3. The SMILES string of the molecule is COc1ccccc1CCc1nccn2c(CN(C)C)ccc12. The van der Waals surface area contributed by atoms with Gasteiger partial charge in [0.1, 0.15) is 5.75 Å². The van der Waals surface area contributed by atoms with Crippen LogP contribution in [-0.2, 0) is 19.4 Å². The zero-order valence-corrected chi connectivity index (χ0v) is 14.0. The molecule has 4 heteroatoms. The molecule has 0 bridgehead atoms. The fourth-order valence-corrected chi connectivity index (χ4v) is 2.97. The summed E-state index contributed by atoms with van der Waals surface area (Å²) >= 11 is 0. The van der Waals surface area contributed by atoms with Gasteiger partial charge in [-0.3, -0.25) is 4.98 Å². The summed E-state index contributed by atoms with van der Waals surface area (Å²) in [5.74, 6) is 0.947. The topological polar surface area (TPSA) is 29.8 Å². The maximum absolute atomic E-state index is 5.44. The number of aryl methyl sites for hydroxylation is 2. The zero-order chi connectivity index (χ0) is 16.2. The number of aromatic nitrogens is 2. The Kier molecular flexibility index (Phi) is 4.63. The molecule has 0 saturated carbocycles. The Hall–Kier alpha value is -2.33. The third kappa shape index (κ3) is 3.37. The lowest BCUT2D eigenvalue weighted by atomic mass is 10.1. The molecule has 0 atom stereocenters. The number of rotatable bonds is 6. The third-order valence-electron chi connectivity index (χ3n) is 4.05. The Labute approximate surface area is 137 Å². The molecule has 0 fully saturated rings. The summed E-state index contributed by atoms with van der Waals surface area (Å²) in [6.07, 6.45) is 5.76. The second kappa shape index (κ2) is 6.84. The van der Waals surface area contributed by atoms with Gasteiger partial charge in [0.2, 0.25) is 0 Å². The highest BCUT2D eigenvalue weighted by Crippen LogP contribution is 2.21. The molecule has 3 aromatic rings. The first-order chi connectivity index (χ1) is 11.2. The van der Waals surface area contributed by atoms with Crippen molar-refractivity contribution in [3.05, 3.63) is 65.7 Å². The van der Waals surface area contributed by atoms with Crippen molar-refractivity contribution in [2.75, 3.05) is 21.2 Å². The molecule has 23 heavy (non-hydrogen) atoms. The third-order valence-corrected chi connectivity index (χ3v) is 4.05. The van der Waals surface area contributed by atoms with E-state index in [1.54, 1.807) is 7.11 Å². The van der Waals surface area contributed by atoms with Crippen LogP contribution in [0, 0.1) is 0 Å². The molecular formula is C19H23N3O. The second-order valence-corrected chi connectivity index (χ2v) is 6.00. The number of fused-ring (bicyclic) bond motifs is 1. The summed E-state index contributed by atoms with van der Waals surface area (Å²) in [6, 6.07) is 12.5. The predicted octanol–water partition coefficient (Wildman–Crippen LogP) is 3.19. The van der Waals surface area contributed by atoms with Crippen LogP contribution in [-0.4, -0.2) is 35.5 Å². The Morgan fingerprint density at radius 3 is 2.70 bits per heavy atom. The Bertz CT molecular complexity index is 792. The van der Waals surface area contributed by atoms with E-state index in [-0.39, 0.29) is 0 Å². The van der Waals surface area contributed by atoms with Crippen LogP contribution in [0.3, 0.4) is 0 Å². The molecule has 0 unspecified atom stereocenters. The van der Waals surface area contributed by atoms with Crippen molar-refractivity contribution in [3.8, 4) is 5.75 Å². The summed E-state index contributed by atoms with van der Waals surface area (Å²) < 4.78 is 7.68. The van der Waals surface area contributed by atoms with Gasteiger partial charge < -0.3 is 14.0 Å². The van der Waals surface area contributed by atoms with Gasteiger partial charge in [0.05, 0.1) is 18.3 Å². The van der Waals surface area contributed by atoms with E-state index in [0.29, 0.717) is 0 Å². The van der Waals surface area contributed by atoms with Crippen LogP contribution in [0.15, 0.2) is 48.8 Å². The summed E-state index contributed by atoms with van der Waals surface area (Å²) in [4.78, 5) is 6.77. The first kappa shape index (κ1) is 15.6. The summed E-state index contributed by atoms with van der Waals surface area (Å²) in [5, 5.41) is 0. The van der Waals surface area contributed by atoms with Crippen LogP contribution in [0.5, 0.6) is 5.75 Å². The van der Waals surface area contributed by atoms with Crippen molar-refractivity contribution in [1.29, 1.82) is 0 Å². The van der Waals surface area contributed by atoms with Crippen molar-refractivity contribution in [3.63, 3.8) is 0 Å². The van der Waals surface area contributed by atoms with Crippen molar-refractivity contribution in [1.82, 2.24) is 14.3 Å². The van der Waals surface area contributed by atoms with E-state index >= 15 is 0 Å². The number of ether oxygens (including phenoxy) is 1. The van der Waals surface area contributed by atoms with Crippen LogP contribution < -0.4 is 4.74 Å². The highest BCUT2D eigenvalue weighted by molar-refractivity contribution is 5.54. The van der Waals surface area contributed by atoms with E-state index in [1.807, 2.05) is 24.5 Å². The highest BCUT2D eigenvalue weighted by Gasteiger charge is 2.09. The number of para-hydroxylation sites is 1. The van der Waals surface area contributed by atoms with Crippen molar-refractivity contribution in [2.24, 2.45) is 0 Å². The molecule has 0 saturated heterocycles. The van der Waals surface area contributed by atoms with Crippen molar-refractivity contribution >= 4 is 5.52 Å². The molecule has 120 valence electrons. The predicted molar refractivity (Wildman–Crippen MR) is 93.0 cm³/mol. The second-order valence-electron chi connectivity index (χ2n) is 6.00. The molecule has 0 aliphatic heterocycles. The minimum absolute atomic E-state index is 0.899. The largest absolute Gasteiger partial charge is 0.496 e. The molecule has 0 N–H and O–H groups in total. The molecule has 0 amide bonds. The van der Waals surface area contributed by atoms with Gasteiger partial charge in [0.15, 0.2) is 0 Å². The van der Waals surface area contributed by atoms with Gasteiger partial charge in [-0.25, -0.2) is 0 Å². The lowest BCUT2D eigenvalue weighted by Gasteiger charge is -2.11. The maximum Gasteiger partial charge on any atom is 0.122 e. The minimum atomic E-state index is 0.899. The first-order valence-corrected chi connectivity index (χ1v) is 7.89. The van der Waals surface area contributed by atoms with E-state index in [4.69, 9.17) is 4.74 Å². The average Bonchev–Trinajstić information content (AvgIpc) is 2.96. The summed E-state index contributed by atoms with van der Waals surface area (Å²) in [6.45, 7) is 0.921. The fourth-order valence-electron chi connectivity index (χ4n) is 2.97. The van der Waals surface area contributed by atoms with Crippen molar-refractivity contribution < 1.29 is 4.74 Å². The number of hydrogen-bond acceptors (Lipinski definition) is 3. The Morgan fingerprint density at radius 2 is 1.91 bits per heavy atom. The van der Waals surface area contributed by atoms with Crippen molar-refractivity contribution in [2.45, 2.75) is 19.4 Å². The molecule has 2 heterocycles. The fraction of sp³-hybridized carbons (Fsp3) is 0.316. The van der Waals surface area contributed by atoms with Crippen LogP contribution in [0.4, 0.5) is 0 Å². The number of nitrogens with zero attached hydrogens (tertiary/aromatic N) is 3. The minimum Gasteiger partial charge on any atom is -0.496 e. The lowest BCUT2D eigenvalue weighted by Crippen LogP contribution is -2.12. The number of methoxy groups -OCH3 is 1. The molecular weight excluding hydrogens is 286 g/mol. The molecule has 3 rings (SSSR count). The average molecular weight is 309 g/mol. The van der Waals surface area contributed by atoms with Gasteiger partial charge in [0, 0.05) is 24.6 Å². The summed E-state index contributed by atoms with van der Waals surface area (Å²) in [5.41, 5.74) is 4.83. The summed E-state index contributed by atoms with van der Waals surface area (Å²) in [7, 11) is 5.89. The highest BCUT2D eigenvalue weighted by atomic mass is 16.5. The monoisotopic (exact) mass is 309 g/mol. The van der Waals surface area contributed by atoms with Gasteiger partial charge in [-0.1, -0.05) is 18.2 Å². The molecule has 0 aliphatic rings. The molecule has 0 spiro atoms. The van der Waals surface area contributed by atoms with E-state index in [0.717, 1.165) is 30.8 Å². The van der Waals surface area contributed by atoms with Gasteiger partial charge >= 0.3 is 0 Å². The number of benzene rings is 1. The van der Waals surface area contributed by atoms with Gasteiger partial charge in [-0.15, -0.1) is 0 Å². The molecule has 4 nitrogen and oxygen atoms in total. The molecule has 0 radical (unpaired) electrons. The van der Waals surface area contributed by atoms with Gasteiger partial charge in [-0.05, 0) is 50.7 Å². The van der Waals surface area contributed by atoms with Gasteiger partial charge in [0.25, 0.3) is 0 Å². The molecule has 0 aliphatic carbocycles. The van der Waals surface area contributed by atoms with Gasteiger partial charge in [-0.2, -0.15) is 0 Å². The smallest absolute Gasteiger partial charge is 0.122 e. The van der Waals surface area contributed by atoms with E-state index in [9.17, 15) is 0 Å². The lowest BCUT2D eigenvalue weighted by molar-refractivity contribution is 0.395. The quantitative estimate of drug-likeness (QED) is 0.700. The number of hydrogen-bond donors (Lipinski definition) is 0. The van der Waals surface area contributed by atoms with E-state index in [2.05, 4.69) is 52.6 Å². The van der Waals surface area contributed by atoms with Crippen LogP contribution >= 0.6 is 0 Å². The zero-order valence-electron chi connectivity index (χ0n) is 14.0. The molecule has 1 aromatic carbocycles. The van der Waals surface area contributed by atoms with Crippen LogP contribution in [0.1, 0.15) is 17.0 Å². The van der Waals surface area contributed by atoms with E-state index in [1.165, 1.54) is 16.8 Å². The van der Waals surface area contributed by atoms with Crippen LogP contribution in [0.25, 0.3) is 5.52 Å². The standard InChI is InChI=1S/C19H23N3O/c1-21(2)14-16-9-11-18-17(20-12-13-22(16)18)10-8-15-6-4-5-7-19(15)23-3/h4-7,9,11-13H,8,10,14H2,1-3H3. The van der Waals surface area contributed by atoms with Crippen LogP contribution in [0.2, 0.25) is 0 Å². The Balaban J connectivity index is 1.84.